The second kappa shape index (κ2) is 5.14. The van der Waals surface area contributed by atoms with Gasteiger partial charge in [-0.25, -0.2) is 9.18 Å². The molecule has 0 aliphatic rings. The van der Waals surface area contributed by atoms with E-state index in [9.17, 15) is 9.18 Å². The molecular formula is C11H12FNO2. The van der Waals surface area contributed by atoms with Crippen LogP contribution in [0.5, 0.6) is 0 Å². The molecule has 0 aliphatic carbocycles. The zero-order valence-corrected chi connectivity index (χ0v) is 8.37. The summed E-state index contributed by atoms with van der Waals surface area (Å²) < 4.78 is 17.9. The monoisotopic (exact) mass is 209 g/mol. The van der Waals surface area contributed by atoms with Gasteiger partial charge in [-0.2, -0.15) is 0 Å². The number of carbonyl (C=O) groups excluding carboxylic acids is 1. The van der Waals surface area contributed by atoms with Gasteiger partial charge in [0.2, 0.25) is 0 Å². The highest BCUT2D eigenvalue weighted by Crippen LogP contribution is 2.13. The van der Waals surface area contributed by atoms with Crippen LogP contribution in [0.2, 0.25) is 0 Å². The summed E-state index contributed by atoms with van der Waals surface area (Å²) in [6.45, 7) is 2.00. The van der Waals surface area contributed by atoms with Crippen LogP contribution in [0.15, 0.2) is 24.3 Å². The average molecular weight is 209 g/mol. The Bertz CT molecular complexity index is 388. The number of ether oxygens (including phenoxy) is 1. The van der Waals surface area contributed by atoms with Crippen LogP contribution < -0.4 is 5.73 Å². The Morgan fingerprint density at radius 2 is 2.33 bits per heavy atom. The second-order valence-electron chi connectivity index (χ2n) is 2.87. The Balaban J connectivity index is 2.76. The zero-order valence-electron chi connectivity index (χ0n) is 8.37. The molecule has 0 amide bonds. The van der Waals surface area contributed by atoms with Crippen molar-refractivity contribution >= 4 is 17.7 Å². The lowest BCUT2D eigenvalue weighted by molar-refractivity contribution is -0.137. The molecule has 1 rings (SSSR count). The number of nitrogen functional groups attached to an aromatic ring is 1. The van der Waals surface area contributed by atoms with E-state index in [2.05, 4.69) is 4.74 Å². The Hall–Kier alpha value is -1.84. The number of rotatable bonds is 3. The lowest BCUT2D eigenvalue weighted by Gasteiger charge is -1.98. The summed E-state index contributed by atoms with van der Waals surface area (Å²) in [5.74, 6) is -0.954. The maximum absolute atomic E-state index is 13.2. The van der Waals surface area contributed by atoms with Crippen molar-refractivity contribution < 1.29 is 13.9 Å². The first kappa shape index (κ1) is 11.2. The quantitative estimate of drug-likeness (QED) is 0.470. The first-order valence-corrected chi connectivity index (χ1v) is 4.53. The molecule has 4 heteroatoms. The van der Waals surface area contributed by atoms with Gasteiger partial charge in [0.25, 0.3) is 0 Å². The Morgan fingerprint density at radius 1 is 1.60 bits per heavy atom. The summed E-state index contributed by atoms with van der Waals surface area (Å²) in [5.41, 5.74) is 6.03. The van der Waals surface area contributed by atoms with E-state index in [1.807, 2.05) is 0 Å². The molecule has 0 saturated carbocycles. The molecule has 15 heavy (non-hydrogen) atoms. The molecule has 0 atom stereocenters. The summed E-state index contributed by atoms with van der Waals surface area (Å²) in [7, 11) is 0. The molecule has 80 valence electrons. The maximum Gasteiger partial charge on any atom is 0.330 e. The van der Waals surface area contributed by atoms with Crippen molar-refractivity contribution in [2.24, 2.45) is 0 Å². The minimum atomic E-state index is -0.492. The van der Waals surface area contributed by atoms with Crippen LogP contribution in [-0.4, -0.2) is 12.6 Å². The Labute approximate surface area is 87.3 Å². The summed E-state index contributed by atoms with van der Waals surface area (Å²) in [4.78, 5) is 10.9. The van der Waals surface area contributed by atoms with E-state index in [0.717, 1.165) is 0 Å². The third kappa shape index (κ3) is 3.42. The molecule has 0 aliphatic heterocycles. The van der Waals surface area contributed by atoms with Crippen LogP contribution in [0, 0.1) is 5.82 Å². The minimum absolute atomic E-state index is 0.299. The summed E-state index contributed by atoms with van der Waals surface area (Å²) in [6, 6.07) is 4.26. The number of hydrogen-bond acceptors (Lipinski definition) is 3. The standard InChI is InChI=1S/C11H12FNO2/c1-2-15-11(14)6-4-8-3-5-9(13)7-10(8)12/h3-7H,2,13H2,1H3. The number of esters is 1. The molecule has 0 fully saturated rings. The van der Waals surface area contributed by atoms with Gasteiger partial charge >= 0.3 is 5.97 Å². The normalized spacial score (nSPS) is 10.5. The fraction of sp³-hybridized carbons (Fsp3) is 0.182. The molecule has 1 aromatic rings. The lowest BCUT2D eigenvalue weighted by atomic mass is 10.2. The zero-order chi connectivity index (χ0) is 11.3. The van der Waals surface area contributed by atoms with Crippen molar-refractivity contribution in [3.8, 4) is 0 Å². The van der Waals surface area contributed by atoms with Gasteiger partial charge < -0.3 is 10.5 Å². The van der Waals surface area contributed by atoms with Crippen molar-refractivity contribution in [3.05, 3.63) is 35.7 Å². The van der Waals surface area contributed by atoms with Crippen LogP contribution in [0.3, 0.4) is 0 Å². The molecule has 0 unspecified atom stereocenters. The lowest BCUT2D eigenvalue weighted by Crippen LogP contribution is -1.98. The molecule has 0 spiro atoms. The fourth-order valence-electron chi connectivity index (χ4n) is 1.03. The predicted molar refractivity (Wildman–Crippen MR) is 56.5 cm³/mol. The van der Waals surface area contributed by atoms with Gasteiger partial charge in [0, 0.05) is 17.3 Å². The summed E-state index contributed by atoms with van der Waals surface area (Å²) in [6.07, 6.45) is 2.53. The Morgan fingerprint density at radius 3 is 2.93 bits per heavy atom. The first-order chi connectivity index (χ1) is 7.13. The van der Waals surface area contributed by atoms with Gasteiger partial charge in [-0.05, 0) is 31.2 Å². The number of hydrogen-bond donors (Lipinski definition) is 1. The largest absolute Gasteiger partial charge is 0.463 e. The van der Waals surface area contributed by atoms with Gasteiger partial charge in [-0.15, -0.1) is 0 Å². The van der Waals surface area contributed by atoms with Gasteiger partial charge in [-0.1, -0.05) is 0 Å². The van der Waals surface area contributed by atoms with Gasteiger partial charge in [0.05, 0.1) is 6.61 Å². The smallest absolute Gasteiger partial charge is 0.330 e. The number of carbonyl (C=O) groups is 1. The van der Waals surface area contributed by atoms with E-state index in [1.54, 1.807) is 13.0 Å². The van der Waals surface area contributed by atoms with Crippen molar-refractivity contribution in [3.63, 3.8) is 0 Å². The van der Waals surface area contributed by atoms with Crippen molar-refractivity contribution in [2.45, 2.75) is 6.92 Å². The molecule has 0 saturated heterocycles. The fourth-order valence-corrected chi connectivity index (χ4v) is 1.03. The van der Waals surface area contributed by atoms with E-state index in [1.165, 1.54) is 24.3 Å². The molecule has 3 nitrogen and oxygen atoms in total. The van der Waals surface area contributed by atoms with Gasteiger partial charge in [0.15, 0.2) is 0 Å². The van der Waals surface area contributed by atoms with Gasteiger partial charge in [-0.3, -0.25) is 0 Å². The van der Waals surface area contributed by atoms with Crippen molar-refractivity contribution in [2.75, 3.05) is 12.3 Å². The average Bonchev–Trinajstić information content (AvgIpc) is 2.17. The van der Waals surface area contributed by atoms with Crippen LogP contribution in [-0.2, 0) is 9.53 Å². The third-order valence-corrected chi connectivity index (χ3v) is 1.71. The maximum atomic E-state index is 13.2. The second-order valence-corrected chi connectivity index (χ2v) is 2.87. The molecule has 0 aromatic heterocycles. The molecule has 0 heterocycles. The van der Waals surface area contributed by atoms with E-state index >= 15 is 0 Å². The van der Waals surface area contributed by atoms with E-state index in [0.29, 0.717) is 17.9 Å². The number of benzene rings is 1. The first-order valence-electron chi connectivity index (χ1n) is 4.53. The van der Waals surface area contributed by atoms with Crippen LogP contribution in [0.4, 0.5) is 10.1 Å². The molecular weight excluding hydrogens is 197 g/mol. The van der Waals surface area contributed by atoms with Crippen molar-refractivity contribution in [1.82, 2.24) is 0 Å². The van der Waals surface area contributed by atoms with Crippen LogP contribution >= 0.6 is 0 Å². The third-order valence-electron chi connectivity index (χ3n) is 1.71. The summed E-state index contributed by atoms with van der Waals surface area (Å²) in [5, 5.41) is 0. The highest BCUT2D eigenvalue weighted by Gasteiger charge is 2.00. The van der Waals surface area contributed by atoms with E-state index in [4.69, 9.17) is 5.73 Å². The Kier molecular flexibility index (Phi) is 3.85. The molecule has 2 N–H and O–H groups in total. The topological polar surface area (TPSA) is 52.3 Å². The SMILES string of the molecule is CCOC(=O)C=Cc1ccc(N)cc1F. The molecule has 1 aromatic carbocycles. The molecule has 0 radical (unpaired) electrons. The molecule has 0 bridgehead atoms. The van der Waals surface area contributed by atoms with E-state index < -0.39 is 11.8 Å². The summed E-state index contributed by atoms with van der Waals surface area (Å²) >= 11 is 0. The number of anilines is 1. The van der Waals surface area contributed by atoms with Crippen molar-refractivity contribution in [1.29, 1.82) is 0 Å². The number of halogens is 1. The minimum Gasteiger partial charge on any atom is -0.463 e. The highest BCUT2D eigenvalue weighted by atomic mass is 19.1. The predicted octanol–water partition coefficient (Wildman–Crippen LogP) is 1.98. The van der Waals surface area contributed by atoms with Gasteiger partial charge in [0.1, 0.15) is 5.82 Å². The van der Waals surface area contributed by atoms with E-state index in [-0.39, 0.29) is 0 Å². The highest BCUT2D eigenvalue weighted by molar-refractivity contribution is 5.87. The van der Waals surface area contributed by atoms with Crippen LogP contribution in [0.25, 0.3) is 6.08 Å². The number of nitrogens with two attached hydrogens (primary N) is 1. The van der Waals surface area contributed by atoms with Crippen LogP contribution in [0.1, 0.15) is 12.5 Å².